The predicted octanol–water partition coefficient (Wildman–Crippen LogP) is 0.281. The van der Waals surface area contributed by atoms with Gasteiger partial charge in [-0.2, -0.15) is 0 Å². The van der Waals surface area contributed by atoms with Gasteiger partial charge in [-0.15, -0.1) is 0 Å². The topological polar surface area (TPSA) is 38.7 Å². The van der Waals surface area contributed by atoms with Crippen LogP contribution in [0.1, 0.15) is 6.42 Å². The van der Waals surface area contributed by atoms with Gasteiger partial charge in [-0.05, 0) is 5.60 Å². The fourth-order valence-electron chi connectivity index (χ4n) is 0.561. The van der Waals surface area contributed by atoms with Crippen LogP contribution in [0, 0.1) is 0 Å². The Labute approximate surface area is 73.2 Å². The third-order valence-corrected chi connectivity index (χ3v) is 1.14. The molecule has 3 nitrogen and oxygen atoms in total. The maximum absolute atomic E-state index is 10.6. The Morgan fingerprint density at radius 2 is 2.42 bits per heavy atom. The van der Waals surface area contributed by atoms with Crippen molar-refractivity contribution in [3.8, 4) is 0 Å². The lowest BCUT2D eigenvalue weighted by molar-refractivity contribution is -0.139. The molecule has 0 fully saturated rings. The van der Waals surface area contributed by atoms with Gasteiger partial charge in [0.25, 0.3) is 0 Å². The molecular formula is C8H12BNO2. The van der Waals surface area contributed by atoms with Crippen LogP contribution in [0.4, 0.5) is 0 Å². The first-order chi connectivity index (χ1) is 5.70. The van der Waals surface area contributed by atoms with Crippen LogP contribution in [-0.2, 0) is 9.53 Å². The highest BCUT2D eigenvalue weighted by atomic mass is 16.5. The average Bonchev–Trinajstić information content (AvgIpc) is 2.04. The standard InChI is InChI=1S/C8H12BNO2/c1-3-4-7(9)10-6-5-8(11)12-2/h3-4,6H,1,5,9H2,2H3/b7-4-,10-6+. The lowest BCUT2D eigenvalue weighted by atomic mass is 10.1. The maximum atomic E-state index is 10.6. The predicted molar refractivity (Wildman–Crippen MR) is 51.9 cm³/mol. The Bertz CT molecular complexity index is 221. The number of allylic oxidation sites excluding steroid dienone is 2. The molecule has 0 saturated carbocycles. The quantitative estimate of drug-likeness (QED) is 0.259. The van der Waals surface area contributed by atoms with Gasteiger partial charge in [0, 0.05) is 6.21 Å². The van der Waals surface area contributed by atoms with Crippen LogP contribution in [0.25, 0.3) is 0 Å². The summed E-state index contributed by atoms with van der Waals surface area (Å²) in [7, 11) is 3.18. The minimum absolute atomic E-state index is 0.207. The van der Waals surface area contributed by atoms with Crippen molar-refractivity contribution in [2.24, 2.45) is 4.99 Å². The van der Waals surface area contributed by atoms with E-state index in [0.29, 0.717) is 0 Å². The molecule has 0 N–H and O–H groups in total. The second-order valence-electron chi connectivity index (χ2n) is 2.14. The van der Waals surface area contributed by atoms with E-state index in [1.807, 2.05) is 7.85 Å². The molecule has 0 rings (SSSR count). The Morgan fingerprint density at radius 1 is 1.75 bits per heavy atom. The lowest BCUT2D eigenvalue weighted by Crippen LogP contribution is -1.99. The van der Waals surface area contributed by atoms with E-state index >= 15 is 0 Å². The molecule has 0 aliphatic rings. The minimum atomic E-state index is -0.287. The lowest BCUT2D eigenvalue weighted by Gasteiger charge is -1.92. The van der Waals surface area contributed by atoms with Crippen LogP contribution in [-0.4, -0.2) is 27.1 Å². The SMILES string of the molecule is BC(=C/C=C)/N=C/CC(=O)OC. The number of rotatable bonds is 4. The number of hydrogen-bond donors (Lipinski definition) is 0. The molecule has 0 heterocycles. The van der Waals surface area contributed by atoms with Gasteiger partial charge in [0.2, 0.25) is 0 Å². The summed E-state index contributed by atoms with van der Waals surface area (Å²) in [6.07, 6.45) is 5.12. The second-order valence-corrected chi connectivity index (χ2v) is 2.14. The second kappa shape index (κ2) is 6.40. The van der Waals surface area contributed by atoms with E-state index < -0.39 is 0 Å². The van der Waals surface area contributed by atoms with Crippen LogP contribution < -0.4 is 0 Å². The zero-order valence-corrected chi connectivity index (χ0v) is 7.41. The summed E-state index contributed by atoms with van der Waals surface area (Å²) in [4.78, 5) is 14.6. The highest BCUT2D eigenvalue weighted by Crippen LogP contribution is 1.89. The highest BCUT2D eigenvalue weighted by Gasteiger charge is 1.93. The van der Waals surface area contributed by atoms with Gasteiger partial charge in [0.15, 0.2) is 7.85 Å². The molecule has 0 aromatic carbocycles. The van der Waals surface area contributed by atoms with Gasteiger partial charge in [0.05, 0.1) is 13.5 Å². The minimum Gasteiger partial charge on any atom is -0.469 e. The first-order valence-corrected chi connectivity index (χ1v) is 3.59. The fourth-order valence-corrected chi connectivity index (χ4v) is 0.561. The number of esters is 1. The largest absolute Gasteiger partial charge is 0.469 e. The summed E-state index contributed by atoms with van der Waals surface area (Å²) >= 11 is 0. The van der Waals surface area contributed by atoms with E-state index in [2.05, 4.69) is 16.3 Å². The monoisotopic (exact) mass is 165 g/mol. The number of aliphatic imine (C=N–C) groups is 1. The summed E-state index contributed by atoms with van der Waals surface area (Å²) in [6.45, 7) is 3.52. The van der Waals surface area contributed by atoms with E-state index in [9.17, 15) is 4.79 Å². The zero-order chi connectivity index (χ0) is 9.40. The molecule has 0 aromatic rings. The Hall–Kier alpha value is -1.32. The number of methoxy groups -OCH3 is 1. The fraction of sp³-hybridized carbons (Fsp3) is 0.250. The maximum Gasteiger partial charge on any atom is 0.310 e. The molecule has 0 unspecified atom stereocenters. The Balaban J connectivity index is 3.83. The summed E-state index contributed by atoms with van der Waals surface area (Å²) in [5.41, 5.74) is 0.814. The number of carbonyl (C=O) groups excluding carboxylic acids is 1. The third kappa shape index (κ3) is 5.47. The van der Waals surface area contributed by atoms with Crippen molar-refractivity contribution in [3.05, 3.63) is 24.3 Å². The number of carbonyl (C=O) groups is 1. The van der Waals surface area contributed by atoms with Crippen molar-refractivity contribution in [1.29, 1.82) is 0 Å². The molecule has 0 amide bonds. The van der Waals surface area contributed by atoms with Crippen LogP contribution in [0.15, 0.2) is 29.3 Å². The Kier molecular flexibility index (Phi) is 5.70. The van der Waals surface area contributed by atoms with Gasteiger partial charge in [-0.25, -0.2) is 0 Å². The van der Waals surface area contributed by atoms with Crippen LogP contribution in [0.2, 0.25) is 0 Å². The number of nitrogens with zero attached hydrogens (tertiary/aromatic N) is 1. The molecule has 0 atom stereocenters. The van der Waals surface area contributed by atoms with Gasteiger partial charge in [-0.3, -0.25) is 9.79 Å². The molecule has 0 aliphatic carbocycles. The van der Waals surface area contributed by atoms with Gasteiger partial charge < -0.3 is 4.74 Å². The van der Waals surface area contributed by atoms with Crippen molar-refractivity contribution >= 4 is 20.0 Å². The van der Waals surface area contributed by atoms with Crippen molar-refractivity contribution in [2.75, 3.05) is 7.11 Å². The third-order valence-electron chi connectivity index (χ3n) is 1.14. The average molecular weight is 165 g/mol. The molecule has 4 heteroatoms. The first kappa shape index (κ1) is 10.7. The van der Waals surface area contributed by atoms with Gasteiger partial charge in [-0.1, -0.05) is 18.7 Å². The van der Waals surface area contributed by atoms with E-state index in [1.54, 1.807) is 12.2 Å². The normalized spacial score (nSPS) is 11.6. The van der Waals surface area contributed by atoms with E-state index in [0.717, 1.165) is 5.60 Å². The van der Waals surface area contributed by atoms with Gasteiger partial charge >= 0.3 is 5.97 Å². The van der Waals surface area contributed by atoms with E-state index in [1.165, 1.54) is 13.3 Å². The molecule has 0 bridgehead atoms. The molecule has 64 valence electrons. The molecular weight excluding hydrogens is 153 g/mol. The summed E-state index contributed by atoms with van der Waals surface area (Å²) in [5, 5.41) is 0. The molecule has 0 spiro atoms. The molecule has 0 aromatic heterocycles. The van der Waals surface area contributed by atoms with Crippen molar-refractivity contribution in [2.45, 2.75) is 6.42 Å². The highest BCUT2D eigenvalue weighted by molar-refractivity contribution is 6.22. The molecule has 0 saturated heterocycles. The molecule has 0 radical (unpaired) electrons. The summed E-state index contributed by atoms with van der Waals surface area (Å²) in [5.74, 6) is -0.287. The number of hydrogen-bond acceptors (Lipinski definition) is 3. The smallest absolute Gasteiger partial charge is 0.310 e. The molecule has 0 aliphatic heterocycles. The molecule has 12 heavy (non-hydrogen) atoms. The van der Waals surface area contributed by atoms with Crippen molar-refractivity contribution in [3.63, 3.8) is 0 Å². The van der Waals surface area contributed by atoms with Crippen LogP contribution in [0.3, 0.4) is 0 Å². The summed E-state index contributed by atoms with van der Waals surface area (Å²) in [6, 6.07) is 0. The van der Waals surface area contributed by atoms with E-state index in [-0.39, 0.29) is 12.4 Å². The Morgan fingerprint density at radius 3 is 2.92 bits per heavy atom. The number of ether oxygens (including phenoxy) is 1. The van der Waals surface area contributed by atoms with Gasteiger partial charge in [0.1, 0.15) is 0 Å². The van der Waals surface area contributed by atoms with Crippen molar-refractivity contribution < 1.29 is 9.53 Å². The first-order valence-electron chi connectivity index (χ1n) is 3.59. The van der Waals surface area contributed by atoms with E-state index in [4.69, 9.17) is 0 Å². The van der Waals surface area contributed by atoms with Crippen LogP contribution >= 0.6 is 0 Å². The summed E-state index contributed by atoms with van der Waals surface area (Å²) < 4.78 is 4.42. The zero-order valence-electron chi connectivity index (χ0n) is 7.41. The van der Waals surface area contributed by atoms with Crippen LogP contribution in [0.5, 0.6) is 0 Å². The van der Waals surface area contributed by atoms with Crippen molar-refractivity contribution in [1.82, 2.24) is 0 Å².